The number of hydrogen-bond donors (Lipinski definition) is 1. The van der Waals surface area contributed by atoms with E-state index >= 15 is 0 Å². The van der Waals surface area contributed by atoms with Crippen LogP contribution in [0.5, 0.6) is 5.75 Å². The number of nitrogens with one attached hydrogen (secondary N) is 1. The number of ether oxygens (including phenoxy) is 1. The maximum absolute atomic E-state index is 6.94. The lowest BCUT2D eigenvalue weighted by Gasteiger charge is -2.34. The SMILES string of the molecule is CC1C=CC(c2nc(-c3ccc(-c4c5c(cc6c4C4(C)C=CC=CC4O6)C(c4ccc(-c6ccccc6)cc4)Nc4ccccc4-5)cc3)nc(-c3cccc4ccccc34)n2)=CC1. The number of hydrogen-bond acceptors (Lipinski definition) is 5. The monoisotopic (exact) mass is 812 g/mol. The van der Waals surface area contributed by atoms with Crippen LogP contribution in [0, 0.1) is 5.92 Å². The highest BCUT2D eigenvalue weighted by Crippen LogP contribution is 2.58. The number of nitrogens with zero attached hydrogens (tertiary/aromatic N) is 3. The Morgan fingerprint density at radius 3 is 2.16 bits per heavy atom. The van der Waals surface area contributed by atoms with Gasteiger partial charge in [0.15, 0.2) is 17.5 Å². The van der Waals surface area contributed by atoms with E-state index in [0.717, 1.165) is 50.9 Å². The molecule has 5 heteroatoms. The van der Waals surface area contributed by atoms with Crippen LogP contribution in [0.3, 0.4) is 0 Å². The van der Waals surface area contributed by atoms with Gasteiger partial charge in [-0.3, -0.25) is 0 Å². The normalized spacial score (nSPS) is 20.2. The Bertz CT molecular complexity index is 3230. The summed E-state index contributed by atoms with van der Waals surface area (Å²) in [6.07, 6.45) is 16.3. The zero-order chi connectivity index (χ0) is 42.1. The Kier molecular flexibility index (Phi) is 8.72. The molecule has 0 saturated carbocycles. The molecule has 4 unspecified atom stereocenters. The van der Waals surface area contributed by atoms with Gasteiger partial charge in [-0.2, -0.15) is 0 Å². The second kappa shape index (κ2) is 14.8. The van der Waals surface area contributed by atoms with Crippen molar-refractivity contribution in [3.8, 4) is 61.9 Å². The van der Waals surface area contributed by atoms with Gasteiger partial charge in [-0.25, -0.2) is 15.0 Å². The Labute approximate surface area is 367 Å². The van der Waals surface area contributed by atoms with E-state index in [4.69, 9.17) is 19.7 Å². The molecule has 4 atom stereocenters. The lowest BCUT2D eigenvalue weighted by Crippen LogP contribution is -2.33. The maximum atomic E-state index is 6.94. The predicted molar refractivity (Wildman–Crippen MR) is 257 cm³/mol. The quantitative estimate of drug-likeness (QED) is 0.181. The van der Waals surface area contributed by atoms with Crippen molar-refractivity contribution in [3.63, 3.8) is 0 Å². The summed E-state index contributed by atoms with van der Waals surface area (Å²) in [5.41, 5.74) is 14.4. The summed E-state index contributed by atoms with van der Waals surface area (Å²) in [4.78, 5) is 15.5. The predicted octanol–water partition coefficient (Wildman–Crippen LogP) is 14.0. The first kappa shape index (κ1) is 37.2. The van der Waals surface area contributed by atoms with Crippen molar-refractivity contribution in [2.75, 3.05) is 5.32 Å². The second-order valence-electron chi connectivity index (χ2n) is 17.4. The van der Waals surface area contributed by atoms with Crippen molar-refractivity contribution in [1.29, 1.82) is 0 Å². The van der Waals surface area contributed by atoms with Gasteiger partial charge in [0.2, 0.25) is 0 Å². The van der Waals surface area contributed by atoms with E-state index in [0.29, 0.717) is 23.4 Å². The summed E-state index contributed by atoms with van der Waals surface area (Å²) in [5, 5.41) is 6.22. The molecule has 0 bridgehead atoms. The topological polar surface area (TPSA) is 59.9 Å². The van der Waals surface area contributed by atoms with Gasteiger partial charge in [0, 0.05) is 33.5 Å². The molecule has 0 spiro atoms. The highest BCUT2D eigenvalue weighted by atomic mass is 16.5. The molecule has 4 aliphatic rings. The molecule has 5 nitrogen and oxygen atoms in total. The van der Waals surface area contributed by atoms with Crippen molar-refractivity contribution >= 4 is 22.0 Å². The molecule has 0 amide bonds. The van der Waals surface area contributed by atoms with E-state index in [9.17, 15) is 0 Å². The molecule has 2 aliphatic heterocycles. The number of aromatic nitrogens is 3. The van der Waals surface area contributed by atoms with Gasteiger partial charge in [0.25, 0.3) is 0 Å². The molecule has 302 valence electrons. The highest BCUT2D eigenvalue weighted by Gasteiger charge is 2.47. The fraction of sp³-hybridized carbons (Fsp3) is 0.121. The van der Waals surface area contributed by atoms with Crippen LogP contribution < -0.4 is 10.1 Å². The number of fused-ring (bicyclic) bond motifs is 7. The summed E-state index contributed by atoms with van der Waals surface area (Å²) in [6.45, 7) is 4.55. The standard InChI is InChI=1S/C58H44N4O/c1-36-22-24-42(25-23-36)55-60-56(62-57(61-55)45-19-12-16-39-15-6-7-17-44(39)45)43-32-28-40(29-33-43)51-52-46-18-8-9-20-48(46)59-54(41-30-26-38(27-31-41)37-13-4-3-5-14-37)47(52)35-49-53(51)58(2)34-11-10-21-50(58)63-49/h3-22,24-36,50,54,59H,23H2,1-2H3. The van der Waals surface area contributed by atoms with Crippen LogP contribution in [0.15, 0.2) is 194 Å². The van der Waals surface area contributed by atoms with E-state index in [2.05, 4.69) is 213 Å². The molecule has 0 fully saturated rings. The lowest BCUT2D eigenvalue weighted by molar-refractivity contribution is 0.228. The number of para-hydroxylation sites is 1. The van der Waals surface area contributed by atoms with Crippen LogP contribution in [0.1, 0.15) is 48.8 Å². The summed E-state index contributed by atoms with van der Waals surface area (Å²) in [6, 6.07) is 54.1. The van der Waals surface area contributed by atoms with E-state index in [1.807, 2.05) is 0 Å². The van der Waals surface area contributed by atoms with Crippen LogP contribution in [0.4, 0.5) is 5.69 Å². The Balaban J connectivity index is 1.03. The van der Waals surface area contributed by atoms with Crippen LogP contribution >= 0.6 is 0 Å². The third-order valence-electron chi connectivity index (χ3n) is 13.4. The Morgan fingerprint density at radius 1 is 0.619 bits per heavy atom. The van der Waals surface area contributed by atoms with E-state index in [1.54, 1.807) is 0 Å². The van der Waals surface area contributed by atoms with Crippen molar-refractivity contribution in [2.45, 2.75) is 37.8 Å². The van der Waals surface area contributed by atoms with Gasteiger partial charge in [-0.15, -0.1) is 0 Å². The zero-order valence-electron chi connectivity index (χ0n) is 35.2. The van der Waals surface area contributed by atoms with Gasteiger partial charge in [0.05, 0.1) is 11.5 Å². The minimum Gasteiger partial charge on any atom is -0.485 e. The fourth-order valence-corrected chi connectivity index (χ4v) is 10.0. The average Bonchev–Trinajstić information content (AvgIpc) is 3.65. The molecular weight excluding hydrogens is 769 g/mol. The summed E-state index contributed by atoms with van der Waals surface area (Å²) >= 11 is 0. The zero-order valence-corrected chi connectivity index (χ0v) is 35.2. The van der Waals surface area contributed by atoms with Gasteiger partial charge in [-0.05, 0) is 87.2 Å². The maximum Gasteiger partial charge on any atom is 0.164 e. The van der Waals surface area contributed by atoms with Crippen molar-refractivity contribution in [2.24, 2.45) is 5.92 Å². The molecule has 0 saturated heterocycles. The van der Waals surface area contributed by atoms with E-state index in [-0.39, 0.29) is 17.6 Å². The van der Waals surface area contributed by atoms with Crippen LogP contribution in [-0.2, 0) is 5.41 Å². The van der Waals surface area contributed by atoms with Crippen molar-refractivity contribution in [1.82, 2.24) is 15.0 Å². The largest absolute Gasteiger partial charge is 0.485 e. The van der Waals surface area contributed by atoms with Crippen LogP contribution in [0.2, 0.25) is 0 Å². The Hall–Kier alpha value is -7.63. The van der Waals surface area contributed by atoms with E-state index < -0.39 is 0 Å². The molecule has 12 rings (SSSR count). The van der Waals surface area contributed by atoms with Crippen LogP contribution in [-0.4, -0.2) is 21.1 Å². The Morgan fingerprint density at radius 2 is 1.32 bits per heavy atom. The fourth-order valence-electron chi connectivity index (χ4n) is 10.0. The first-order valence-electron chi connectivity index (χ1n) is 22.0. The summed E-state index contributed by atoms with van der Waals surface area (Å²) in [7, 11) is 0. The summed E-state index contributed by atoms with van der Waals surface area (Å²) < 4.78 is 6.94. The van der Waals surface area contributed by atoms with Gasteiger partial charge in [0.1, 0.15) is 11.9 Å². The molecule has 1 N–H and O–H groups in total. The van der Waals surface area contributed by atoms with Gasteiger partial charge >= 0.3 is 0 Å². The molecule has 8 aromatic rings. The lowest BCUT2D eigenvalue weighted by atomic mass is 9.70. The number of anilines is 1. The number of benzene rings is 7. The molecule has 3 heterocycles. The molecule has 7 aromatic carbocycles. The average molecular weight is 813 g/mol. The molecule has 2 aliphatic carbocycles. The highest BCUT2D eigenvalue weighted by molar-refractivity contribution is 5.99. The minimum absolute atomic E-state index is 0.101. The minimum atomic E-state index is -0.366. The van der Waals surface area contributed by atoms with Crippen molar-refractivity contribution in [3.05, 3.63) is 217 Å². The molecule has 63 heavy (non-hydrogen) atoms. The first-order chi connectivity index (χ1) is 31.0. The molecular formula is C58H44N4O. The van der Waals surface area contributed by atoms with Gasteiger partial charge < -0.3 is 10.1 Å². The second-order valence-corrected chi connectivity index (χ2v) is 17.4. The number of allylic oxidation sites excluding steroid dienone is 6. The summed E-state index contributed by atoms with van der Waals surface area (Å²) in [5.74, 6) is 3.40. The third kappa shape index (κ3) is 6.26. The smallest absolute Gasteiger partial charge is 0.164 e. The molecule has 1 aromatic heterocycles. The van der Waals surface area contributed by atoms with Gasteiger partial charge in [-0.1, -0.05) is 183 Å². The first-order valence-corrected chi connectivity index (χ1v) is 22.0. The third-order valence-corrected chi connectivity index (χ3v) is 13.4. The molecule has 0 radical (unpaired) electrons. The van der Waals surface area contributed by atoms with E-state index in [1.165, 1.54) is 44.5 Å². The van der Waals surface area contributed by atoms with Crippen molar-refractivity contribution < 1.29 is 4.74 Å². The number of rotatable bonds is 6. The van der Waals surface area contributed by atoms with Crippen LogP contribution in [0.25, 0.3) is 72.5 Å².